The van der Waals surface area contributed by atoms with Gasteiger partial charge in [-0.1, -0.05) is 0 Å². The van der Waals surface area contributed by atoms with Gasteiger partial charge >= 0.3 is 0 Å². The molecule has 1 aliphatic rings. The number of hydrogen-bond donors (Lipinski definition) is 1. The van der Waals surface area contributed by atoms with Crippen LogP contribution in [-0.2, 0) is 0 Å². The zero-order valence-electron chi connectivity index (χ0n) is 11.1. The molecule has 1 atom stereocenters. The Morgan fingerprint density at radius 3 is 2.63 bits per heavy atom. The highest BCUT2D eigenvalue weighted by molar-refractivity contribution is 6.21. The van der Waals surface area contributed by atoms with Crippen LogP contribution in [0.2, 0.25) is 0 Å². The standard InChI is InChI=1S/C14H18ClNO3/c1-18-12-6-5-10(7-13(12)19-2)14(17)16-8-11(15)9-3-4-9/h5-7,9,11H,3-4,8H2,1-2H3,(H,16,17). The maximum Gasteiger partial charge on any atom is 0.251 e. The molecule has 0 aliphatic heterocycles. The molecule has 0 radical (unpaired) electrons. The van der Waals surface area contributed by atoms with Crippen molar-refractivity contribution in [3.63, 3.8) is 0 Å². The van der Waals surface area contributed by atoms with Gasteiger partial charge in [-0.3, -0.25) is 4.79 Å². The van der Waals surface area contributed by atoms with Crippen LogP contribution in [0.4, 0.5) is 0 Å². The third kappa shape index (κ3) is 3.53. The van der Waals surface area contributed by atoms with Crippen molar-refractivity contribution in [2.24, 2.45) is 5.92 Å². The van der Waals surface area contributed by atoms with Gasteiger partial charge in [0, 0.05) is 12.1 Å². The van der Waals surface area contributed by atoms with Crippen molar-refractivity contribution in [3.8, 4) is 11.5 Å². The van der Waals surface area contributed by atoms with E-state index in [1.165, 1.54) is 12.8 Å². The first-order valence-corrected chi connectivity index (χ1v) is 6.73. The number of carbonyl (C=O) groups is 1. The monoisotopic (exact) mass is 283 g/mol. The molecule has 4 nitrogen and oxygen atoms in total. The second kappa shape index (κ2) is 6.15. The third-order valence-electron chi connectivity index (χ3n) is 3.24. The molecule has 0 bridgehead atoms. The molecule has 0 heterocycles. The Balaban J connectivity index is 1.97. The average Bonchev–Trinajstić information content (AvgIpc) is 3.28. The largest absolute Gasteiger partial charge is 0.493 e. The van der Waals surface area contributed by atoms with Crippen LogP contribution in [0, 0.1) is 5.92 Å². The van der Waals surface area contributed by atoms with Gasteiger partial charge in [0.05, 0.1) is 19.6 Å². The van der Waals surface area contributed by atoms with Crippen molar-refractivity contribution in [1.82, 2.24) is 5.32 Å². The number of methoxy groups -OCH3 is 2. The number of hydrogen-bond acceptors (Lipinski definition) is 3. The summed E-state index contributed by atoms with van der Waals surface area (Å²) in [7, 11) is 3.10. The molecule has 1 unspecified atom stereocenters. The summed E-state index contributed by atoms with van der Waals surface area (Å²) in [5.41, 5.74) is 0.539. The lowest BCUT2D eigenvalue weighted by molar-refractivity contribution is 0.0952. The normalized spacial score (nSPS) is 15.7. The molecule has 1 aromatic carbocycles. The molecule has 1 aliphatic carbocycles. The number of halogens is 1. The van der Waals surface area contributed by atoms with Crippen molar-refractivity contribution < 1.29 is 14.3 Å². The lowest BCUT2D eigenvalue weighted by Crippen LogP contribution is -2.30. The summed E-state index contributed by atoms with van der Waals surface area (Å²) in [6, 6.07) is 5.08. The number of alkyl halides is 1. The molecule has 0 saturated heterocycles. The first-order valence-electron chi connectivity index (χ1n) is 6.30. The topological polar surface area (TPSA) is 47.6 Å². The highest BCUT2D eigenvalue weighted by atomic mass is 35.5. The van der Waals surface area contributed by atoms with Crippen molar-refractivity contribution >= 4 is 17.5 Å². The Kier molecular flexibility index (Phi) is 4.53. The molecular formula is C14H18ClNO3. The number of amides is 1. The SMILES string of the molecule is COc1ccc(C(=O)NCC(Cl)C2CC2)cc1OC. The van der Waals surface area contributed by atoms with Gasteiger partial charge < -0.3 is 14.8 Å². The summed E-state index contributed by atoms with van der Waals surface area (Å²) in [6.07, 6.45) is 2.33. The third-order valence-corrected chi connectivity index (χ3v) is 3.75. The predicted octanol–water partition coefficient (Wildman–Crippen LogP) is 2.45. The quantitative estimate of drug-likeness (QED) is 0.816. The minimum Gasteiger partial charge on any atom is -0.493 e. The second-order valence-corrected chi connectivity index (χ2v) is 5.19. The second-order valence-electron chi connectivity index (χ2n) is 4.63. The lowest BCUT2D eigenvalue weighted by atomic mass is 10.2. The van der Waals surface area contributed by atoms with E-state index in [4.69, 9.17) is 21.1 Å². The Labute approximate surface area is 118 Å². The van der Waals surface area contributed by atoms with Crippen molar-refractivity contribution in [1.29, 1.82) is 0 Å². The van der Waals surface area contributed by atoms with E-state index in [1.807, 2.05) is 0 Å². The fourth-order valence-corrected chi connectivity index (χ4v) is 2.22. The fraction of sp³-hybridized carbons (Fsp3) is 0.500. The molecule has 0 aromatic heterocycles. The number of benzene rings is 1. The predicted molar refractivity (Wildman–Crippen MR) is 74.2 cm³/mol. The highest BCUT2D eigenvalue weighted by Crippen LogP contribution is 2.35. The minimum absolute atomic E-state index is 0.0316. The smallest absolute Gasteiger partial charge is 0.251 e. The minimum atomic E-state index is -0.146. The van der Waals surface area contributed by atoms with Crippen LogP contribution in [0.15, 0.2) is 18.2 Å². The first-order chi connectivity index (χ1) is 9.15. The molecule has 0 spiro atoms. The highest BCUT2D eigenvalue weighted by Gasteiger charge is 2.29. The van der Waals surface area contributed by atoms with Crippen molar-refractivity contribution in [3.05, 3.63) is 23.8 Å². The van der Waals surface area contributed by atoms with Gasteiger partial charge in [-0.2, -0.15) is 0 Å². The summed E-state index contributed by atoms with van der Waals surface area (Å²) in [6.45, 7) is 0.499. The molecular weight excluding hydrogens is 266 g/mol. The molecule has 1 saturated carbocycles. The molecule has 1 N–H and O–H groups in total. The Hall–Kier alpha value is -1.42. The van der Waals surface area contributed by atoms with Gasteiger partial charge in [-0.05, 0) is 37.0 Å². The Bertz CT molecular complexity index is 460. The van der Waals surface area contributed by atoms with E-state index in [1.54, 1.807) is 32.4 Å². The van der Waals surface area contributed by atoms with Crippen LogP contribution in [0.25, 0.3) is 0 Å². The van der Waals surface area contributed by atoms with Gasteiger partial charge in [-0.25, -0.2) is 0 Å². The zero-order chi connectivity index (χ0) is 13.8. The fourth-order valence-electron chi connectivity index (χ4n) is 1.89. The van der Waals surface area contributed by atoms with E-state index in [0.717, 1.165) is 0 Å². The molecule has 1 aromatic rings. The molecule has 19 heavy (non-hydrogen) atoms. The maximum absolute atomic E-state index is 12.0. The van der Waals surface area contributed by atoms with Gasteiger partial charge in [0.15, 0.2) is 11.5 Å². The molecule has 2 rings (SSSR count). The van der Waals surface area contributed by atoms with E-state index < -0.39 is 0 Å². The number of ether oxygens (including phenoxy) is 2. The molecule has 104 valence electrons. The lowest BCUT2D eigenvalue weighted by Gasteiger charge is -2.12. The zero-order valence-corrected chi connectivity index (χ0v) is 11.9. The summed E-state index contributed by atoms with van der Waals surface area (Å²) in [4.78, 5) is 12.0. The van der Waals surface area contributed by atoms with E-state index >= 15 is 0 Å². The van der Waals surface area contributed by atoms with Crippen LogP contribution in [0.1, 0.15) is 23.2 Å². The van der Waals surface area contributed by atoms with E-state index in [9.17, 15) is 4.79 Å². The molecule has 1 fully saturated rings. The number of rotatable bonds is 6. The summed E-state index contributed by atoms with van der Waals surface area (Å²) >= 11 is 6.16. The van der Waals surface area contributed by atoms with Crippen LogP contribution in [0.5, 0.6) is 11.5 Å². The first kappa shape index (κ1) is 14.0. The van der Waals surface area contributed by atoms with Gasteiger partial charge in [0.25, 0.3) is 5.91 Å². The number of nitrogens with one attached hydrogen (secondary N) is 1. The van der Waals surface area contributed by atoms with Crippen molar-refractivity contribution in [2.45, 2.75) is 18.2 Å². The maximum atomic E-state index is 12.0. The van der Waals surface area contributed by atoms with Crippen LogP contribution < -0.4 is 14.8 Å². The Morgan fingerprint density at radius 2 is 2.05 bits per heavy atom. The van der Waals surface area contributed by atoms with Crippen LogP contribution in [-0.4, -0.2) is 32.0 Å². The summed E-state index contributed by atoms with van der Waals surface area (Å²) in [5, 5.41) is 2.87. The summed E-state index contributed by atoms with van der Waals surface area (Å²) in [5.74, 6) is 1.56. The van der Waals surface area contributed by atoms with E-state index in [0.29, 0.717) is 29.5 Å². The van der Waals surface area contributed by atoms with Crippen molar-refractivity contribution in [2.75, 3.05) is 20.8 Å². The average molecular weight is 284 g/mol. The van der Waals surface area contributed by atoms with E-state index in [-0.39, 0.29) is 11.3 Å². The molecule has 1 amide bonds. The van der Waals surface area contributed by atoms with Crippen LogP contribution >= 0.6 is 11.6 Å². The number of carbonyl (C=O) groups excluding carboxylic acids is 1. The van der Waals surface area contributed by atoms with Gasteiger partial charge in [-0.15, -0.1) is 11.6 Å². The Morgan fingerprint density at radius 1 is 1.37 bits per heavy atom. The van der Waals surface area contributed by atoms with Gasteiger partial charge in [0.1, 0.15) is 0 Å². The van der Waals surface area contributed by atoms with Crippen LogP contribution in [0.3, 0.4) is 0 Å². The van der Waals surface area contributed by atoms with E-state index in [2.05, 4.69) is 5.32 Å². The molecule has 5 heteroatoms. The summed E-state index contributed by atoms with van der Waals surface area (Å²) < 4.78 is 10.3. The van der Waals surface area contributed by atoms with Gasteiger partial charge in [0.2, 0.25) is 0 Å².